The van der Waals surface area contributed by atoms with Gasteiger partial charge in [-0.15, -0.1) is 0 Å². The smallest absolute Gasteiger partial charge is 0.252 e. The third kappa shape index (κ3) is 3.92. The van der Waals surface area contributed by atoms with Gasteiger partial charge in [0.15, 0.2) is 0 Å². The van der Waals surface area contributed by atoms with Crippen molar-refractivity contribution in [2.45, 2.75) is 32.7 Å². The summed E-state index contributed by atoms with van der Waals surface area (Å²) in [5, 5.41) is 11.5. The SMILES string of the molecule is CC(C)c1nccn1CCCNC(=O)c1ccc(C#N)nc1. The molecule has 0 saturated heterocycles. The Hall–Kier alpha value is -2.68. The summed E-state index contributed by atoms with van der Waals surface area (Å²) in [4.78, 5) is 20.1. The molecule has 0 fully saturated rings. The van der Waals surface area contributed by atoms with Gasteiger partial charge < -0.3 is 9.88 Å². The average Bonchev–Trinajstić information content (AvgIpc) is 3.00. The molecule has 0 aromatic carbocycles. The predicted molar refractivity (Wildman–Crippen MR) is 82.2 cm³/mol. The minimum Gasteiger partial charge on any atom is -0.352 e. The molecule has 0 aliphatic heterocycles. The minimum atomic E-state index is -0.174. The van der Waals surface area contributed by atoms with Gasteiger partial charge in [-0.3, -0.25) is 4.79 Å². The van der Waals surface area contributed by atoms with Crippen molar-refractivity contribution in [3.8, 4) is 6.07 Å². The molecule has 114 valence electrons. The number of amides is 1. The second-order valence-corrected chi connectivity index (χ2v) is 5.29. The molecule has 0 bridgehead atoms. The number of nitrogens with one attached hydrogen (secondary N) is 1. The molecule has 0 aliphatic rings. The molecule has 22 heavy (non-hydrogen) atoms. The number of carbonyl (C=O) groups is 1. The second kappa shape index (κ2) is 7.36. The van der Waals surface area contributed by atoms with E-state index >= 15 is 0 Å². The van der Waals surface area contributed by atoms with E-state index < -0.39 is 0 Å². The summed E-state index contributed by atoms with van der Waals surface area (Å²) in [6, 6.07) is 5.07. The van der Waals surface area contributed by atoms with Crippen LogP contribution in [0.5, 0.6) is 0 Å². The number of imidazole rings is 1. The number of aromatic nitrogens is 3. The summed E-state index contributed by atoms with van der Waals surface area (Å²) in [5.74, 6) is 1.27. The fourth-order valence-electron chi connectivity index (χ4n) is 2.16. The number of carbonyl (C=O) groups excluding carboxylic acids is 1. The van der Waals surface area contributed by atoms with E-state index in [1.807, 2.05) is 12.3 Å². The highest BCUT2D eigenvalue weighted by Crippen LogP contribution is 2.11. The number of rotatable bonds is 6. The van der Waals surface area contributed by atoms with Gasteiger partial charge >= 0.3 is 0 Å². The van der Waals surface area contributed by atoms with Crippen LogP contribution in [-0.4, -0.2) is 27.0 Å². The molecular weight excluding hydrogens is 278 g/mol. The summed E-state index contributed by atoms with van der Waals surface area (Å²) in [7, 11) is 0. The van der Waals surface area contributed by atoms with Crippen LogP contribution >= 0.6 is 0 Å². The number of hydrogen-bond donors (Lipinski definition) is 1. The molecule has 0 atom stereocenters. The maximum atomic E-state index is 11.9. The fourth-order valence-corrected chi connectivity index (χ4v) is 2.16. The molecule has 0 spiro atoms. The lowest BCUT2D eigenvalue weighted by atomic mass is 10.2. The Morgan fingerprint density at radius 3 is 2.86 bits per heavy atom. The van der Waals surface area contributed by atoms with Crippen LogP contribution in [-0.2, 0) is 6.54 Å². The lowest BCUT2D eigenvalue weighted by Crippen LogP contribution is -2.25. The summed E-state index contributed by atoms with van der Waals surface area (Å²) in [6.45, 7) is 5.62. The van der Waals surface area contributed by atoms with Gasteiger partial charge in [0, 0.05) is 37.6 Å². The van der Waals surface area contributed by atoms with Crippen LogP contribution in [0.25, 0.3) is 0 Å². The number of nitrogens with zero attached hydrogens (tertiary/aromatic N) is 4. The van der Waals surface area contributed by atoms with Gasteiger partial charge in [0.05, 0.1) is 5.56 Å². The Bertz CT molecular complexity index is 667. The van der Waals surface area contributed by atoms with Crippen molar-refractivity contribution in [1.82, 2.24) is 19.9 Å². The largest absolute Gasteiger partial charge is 0.352 e. The van der Waals surface area contributed by atoms with Gasteiger partial charge in [0.1, 0.15) is 17.6 Å². The molecule has 2 aromatic heterocycles. The second-order valence-electron chi connectivity index (χ2n) is 5.29. The first-order valence-electron chi connectivity index (χ1n) is 7.27. The molecule has 6 heteroatoms. The van der Waals surface area contributed by atoms with Crippen LogP contribution in [0.2, 0.25) is 0 Å². The summed E-state index contributed by atoms with van der Waals surface area (Å²) < 4.78 is 2.11. The molecule has 0 aliphatic carbocycles. The van der Waals surface area contributed by atoms with Gasteiger partial charge in [0.25, 0.3) is 5.91 Å². The van der Waals surface area contributed by atoms with E-state index in [1.54, 1.807) is 12.3 Å². The molecule has 1 N–H and O–H groups in total. The molecule has 2 heterocycles. The highest BCUT2D eigenvalue weighted by molar-refractivity contribution is 5.93. The zero-order valence-electron chi connectivity index (χ0n) is 12.8. The Morgan fingerprint density at radius 1 is 1.41 bits per heavy atom. The van der Waals surface area contributed by atoms with Crippen LogP contribution in [0.3, 0.4) is 0 Å². The van der Waals surface area contributed by atoms with E-state index in [1.165, 1.54) is 12.3 Å². The Morgan fingerprint density at radius 2 is 2.23 bits per heavy atom. The molecule has 6 nitrogen and oxygen atoms in total. The van der Waals surface area contributed by atoms with Gasteiger partial charge in [-0.25, -0.2) is 9.97 Å². The van der Waals surface area contributed by atoms with Crippen molar-refractivity contribution < 1.29 is 4.79 Å². The summed E-state index contributed by atoms with van der Waals surface area (Å²) in [5.41, 5.74) is 0.766. The van der Waals surface area contributed by atoms with Crippen molar-refractivity contribution in [3.05, 3.63) is 47.8 Å². The summed E-state index contributed by atoms with van der Waals surface area (Å²) in [6.07, 6.45) is 6.00. The van der Waals surface area contributed by atoms with Crippen LogP contribution in [0.1, 0.15) is 48.1 Å². The topological polar surface area (TPSA) is 83.6 Å². The minimum absolute atomic E-state index is 0.174. The van der Waals surface area contributed by atoms with E-state index in [0.29, 0.717) is 23.7 Å². The van der Waals surface area contributed by atoms with Crippen molar-refractivity contribution in [3.63, 3.8) is 0 Å². The highest BCUT2D eigenvalue weighted by atomic mass is 16.1. The van der Waals surface area contributed by atoms with Crippen molar-refractivity contribution in [2.75, 3.05) is 6.54 Å². The predicted octanol–water partition coefficient (Wildman–Crippen LogP) is 2.09. The molecular formula is C16H19N5O. The quantitative estimate of drug-likeness (QED) is 0.827. The molecule has 0 saturated carbocycles. The number of hydrogen-bond acceptors (Lipinski definition) is 4. The van der Waals surface area contributed by atoms with Crippen LogP contribution in [0, 0.1) is 11.3 Å². The monoisotopic (exact) mass is 297 g/mol. The van der Waals surface area contributed by atoms with Crippen LogP contribution < -0.4 is 5.32 Å². The van der Waals surface area contributed by atoms with Crippen molar-refractivity contribution in [2.24, 2.45) is 0 Å². The van der Waals surface area contributed by atoms with Gasteiger partial charge in [0.2, 0.25) is 0 Å². The third-order valence-corrected chi connectivity index (χ3v) is 3.27. The van der Waals surface area contributed by atoms with E-state index in [2.05, 4.69) is 33.7 Å². The van der Waals surface area contributed by atoms with E-state index in [0.717, 1.165) is 18.8 Å². The van der Waals surface area contributed by atoms with E-state index in [-0.39, 0.29) is 5.91 Å². The first-order chi connectivity index (χ1) is 10.6. The lowest BCUT2D eigenvalue weighted by Gasteiger charge is -2.10. The summed E-state index contributed by atoms with van der Waals surface area (Å²) >= 11 is 0. The molecule has 2 rings (SSSR count). The van der Waals surface area contributed by atoms with E-state index in [9.17, 15) is 4.79 Å². The number of nitriles is 1. The van der Waals surface area contributed by atoms with E-state index in [4.69, 9.17) is 5.26 Å². The van der Waals surface area contributed by atoms with Gasteiger partial charge in [-0.2, -0.15) is 5.26 Å². The zero-order chi connectivity index (χ0) is 15.9. The number of aryl methyl sites for hydroxylation is 1. The van der Waals surface area contributed by atoms with Gasteiger partial charge in [-0.1, -0.05) is 13.8 Å². The fraction of sp³-hybridized carbons (Fsp3) is 0.375. The van der Waals surface area contributed by atoms with Crippen LogP contribution in [0.4, 0.5) is 0 Å². The van der Waals surface area contributed by atoms with Gasteiger partial charge in [-0.05, 0) is 18.6 Å². The lowest BCUT2D eigenvalue weighted by molar-refractivity contribution is 0.0952. The Kier molecular flexibility index (Phi) is 5.26. The molecule has 0 radical (unpaired) electrons. The highest BCUT2D eigenvalue weighted by Gasteiger charge is 2.08. The average molecular weight is 297 g/mol. The number of pyridine rings is 1. The first kappa shape index (κ1) is 15.7. The molecule has 1 amide bonds. The maximum absolute atomic E-state index is 11.9. The Labute approximate surface area is 129 Å². The first-order valence-corrected chi connectivity index (χ1v) is 7.27. The van der Waals surface area contributed by atoms with Crippen LogP contribution in [0.15, 0.2) is 30.7 Å². The maximum Gasteiger partial charge on any atom is 0.252 e. The molecule has 0 unspecified atom stereocenters. The third-order valence-electron chi connectivity index (χ3n) is 3.27. The van der Waals surface area contributed by atoms with Crippen molar-refractivity contribution in [1.29, 1.82) is 5.26 Å². The Balaban J connectivity index is 1.79. The normalized spacial score (nSPS) is 10.5. The van der Waals surface area contributed by atoms with Crippen molar-refractivity contribution >= 4 is 5.91 Å². The standard InChI is InChI=1S/C16H19N5O/c1-12(2)15-18-7-9-21(15)8-3-6-19-16(22)13-4-5-14(10-17)20-11-13/h4-5,7,9,11-12H,3,6,8H2,1-2H3,(H,19,22). The zero-order valence-corrected chi connectivity index (χ0v) is 12.8. The molecule has 2 aromatic rings.